The zero-order chi connectivity index (χ0) is 17.4. The van der Waals surface area contributed by atoms with Gasteiger partial charge in [0.2, 0.25) is 5.91 Å². The minimum atomic E-state index is -0.398. The number of carbonyl (C=O) groups excluding carboxylic acids is 1. The van der Waals surface area contributed by atoms with E-state index in [1.165, 1.54) is 6.07 Å². The van der Waals surface area contributed by atoms with Crippen LogP contribution in [0.1, 0.15) is 36.3 Å². The highest BCUT2D eigenvalue weighted by atomic mass is 19.1. The van der Waals surface area contributed by atoms with Crippen molar-refractivity contribution >= 4 is 5.91 Å². The minimum absolute atomic E-state index is 0.00153. The number of amides is 1. The Kier molecular flexibility index (Phi) is 4.20. The van der Waals surface area contributed by atoms with Crippen molar-refractivity contribution in [3.8, 4) is 0 Å². The number of nitrogens with zero attached hydrogens (tertiary/aromatic N) is 4. The number of piperidine rings is 1. The van der Waals surface area contributed by atoms with Gasteiger partial charge in [-0.15, -0.1) is 0 Å². The average Bonchev–Trinajstić information content (AvgIpc) is 3.22. The van der Waals surface area contributed by atoms with Crippen LogP contribution in [0, 0.1) is 18.7 Å². The largest absolute Gasteiger partial charge is 0.365 e. The van der Waals surface area contributed by atoms with E-state index in [2.05, 4.69) is 20.2 Å². The summed E-state index contributed by atoms with van der Waals surface area (Å²) in [5.74, 6) is 1.50. The summed E-state index contributed by atoms with van der Waals surface area (Å²) in [5, 5.41) is 7.04. The van der Waals surface area contributed by atoms with E-state index >= 15 is 0 Å². The second kappa shape index (κ2) is 6.51. The number of pyridine rings is 1. The van der Waals surface area contributed by atoms with Gasteiger partial charge in [-0.25, -0.2) is 9.37 Å². The number of nitrogens with one attached hydrogen (secondary N) is 1. The third-order valence-corrected chi connectivity index (χ3v) is 4.93. The van der Waals surface area contributed by atoms with E-state index in [4.69, 9.17) is 4.74 Å². The number of hydrogen-bond donors (Lipinski definition) is 1. The van der Waals surface area contributed by atoms with Crippen LogP contribution in [0.2, 0.25) is 0 Å². The minimum Gasteiger partial charge on any atom is -0.365 e. The molecule has 4 rings (SSSR count). The molecule has 2 saturated heterocycles. The van der Waals surface area contributed by atoms with Crippen LogP contribution in [0.3, 0.4) is 0 Å². The maximum atomic E-state index is 12.9. The van der Waals surface area contributed by atoms with Gasteiger partial charge in [0, 0.05) is 18.8 Å². The van der Waals surface area contributed by atoms with Crippen molar-refractivity contribution in [2.45, 2.75) is 38.4 Å². The van der Waals surface area contributed by atoms with Crippen LogP contribution in [0.25, 0.3) is 0 Å². The first-order valence-electron chi connectivity index (χ1n) is 8.51. The van der Waals surface area contributed by atoms with Gasteiger partial charge in [0.1, 0.15) is 17.7 Å². The Hall–Kier alpha value is -2.35. The molecule has 8 heteroatoms. The number of H-pyrrole nitrogens is 1. The number of aromatic amines is 1. The fourth-order valence-corrected chi connectivity index (χ4v) is 3.60. The number of fused-ring (bicyclic) bond motifs is 1. The van der Waals surface area contributed by atoms with Crippen LogP contribution in [-0.4, -0.2) is 50.2 Å². The maximum absolute atomic E-state index is 12.9. The van der Waals surface area contributed by atoms with Gasteiger partial charge >= 0.3 is 0 Å². The Bertz CT molecular complexity index is 763. The van der Waals surface area contributed by atoms with Crippen LogP contribution in [0.15, 0.2) is 18.3 Å². The number of carbonyl (C=O) groups is 1. The lowest BCUT2D eigenvalue weighted by Gasteiger charge is -2.34. The van der Waals surface area contributed by atoms with E-state index in [0.29, 0.717) is 30.5 Å². The smallest absolute Gasteiger partial charge is 0.228 e. The predicted octanol–water partition coefficient (Wildman–Crippen LogP) is 1.57. The molecule has 0 radical (unpaired) electrons. The van der Waals surface area contributed by atoms with Gasteiger partial charge in [0.05, 0.1) is 18.7 Å². The van der Waals surface area contributed by atoms with Crippen LogP contribution < -0.4 is 0 Å². The normalized spacial score (nSPS) is 25.8. The molecular formula is C17H20FN5O2. The molecule has 0 saturated carbocycles. The molecule has 4 heterocycles. The van der Waals surface area contributed by atoms with E-state index in [1.807, 2.05) is 11.8 Å². The lowest BCUT2D eigenvalue weighted by Crippen LogP contribution is -2.45. The van der Waals surface area contributed by atoms with Crippen LogP contribution in [0.4, 0.5) is 4.39 Å². The van der Waals surface area contributed by atoms with Crippen LogP contribution >= 0.6 is 0 Å². The summed E-state index contributed by atoms with van der Waals surface area (Å²) in [6.07, 6.45) is 3.03. The molecule has 2 fully saturated rings. The zero-order valence-electron chi connectivity index (χ0n) is 14.0. The molecule has 2 aliphatic heterocycles. The second-order valence-corrected chi connectivity index (χ2v) is 6.71. The Morgan fingerprint density at radius 3 is 3.08 bits per heavy atom. The quantitative estimate of drug-likeness (QED) is 0.913. The lowest BCUT2D eigenvalue weighted by molar-refractivity contribution is -0.135. The first-order chi connectivity index (χ1) is 12.1. The van der Waals surface area contributed by atoms with Crippen molar-refractivity contribution in [1.29, 1.82) is 0 Å². The number of rotatable bonds is 3. The predicted molar refractivity (Wildman–Crippen MR) is 85.9 cm³/mol. The van der Waals surface area contributed by atoms with Crippen molar-refractivity contribution in [2.75, 3.05) is 13.1 Å². The highest BCUT2D eigenvalue weighted by molar-refractivity contribution is 5.78. The second-order valence-electron chi connectivity index (χ2n) is 6.71. The zero-order valence-corrected chi connectivity index (χ0v) is 14.0. The molecule has 3 atom stereocenters. The van der Waals surface area contributed by atoms with Gasteiger partial charge in [0.15, 0.2) is 5.82 Å². The van der Waals surface area contributed by atoms with Crippen molar-refractivity contribution in [2.24, 2.45) is 5.92 Å². The van der Waals surface area contributed by atoms with Gasteiger partial charge in [-0.05, 0) is 37.8 Å². The summed E-state index contributed by atoms with van der Waals surface area (Å²) in [5.41, 5.74) is 0.579. The van der Waals surface area contributed by atoms with Crippen molar-refractivity contribution in [1.82, 2.24) is 25.1 Å². The van der Waals surface area contributed by atoms with Crippen molar-refractivity contribution in [3.63, 3.8) is 0 Å². The first-order valence-corrected chi connectivity index (χ1v) is 8.51. The molecule has 1 unspecified atom stereocenters. The summed E-state index contributed by atoms with van der Waals surface area (Å²) < 4.78 is 19.0. The number of likely N-dealkylation sites (tertiary alicyclic amines) is 1. The fourth-order valence-electron chi connectivity index (χ4n) is 3.60. The van der Waals surface area contributed by atoms with Crippen molar-refractivity contribution < 1.29 is 13.9 Å². The number of halogens is 1. The van der Waals surface area contributed by atoms with Gasteiger partial charge in [-0.3, -0.25) is 14.9 Å². The molecule has 2 aromatic rings. The Morgan fingerprint density at radius 2 is 2.36 bits per heavy atom. The van der Waals surface area contributed by atoms with E-state index in [-0.39, 0.29) is 24.5 Å². The van der Waals surface area contributed by atoms with Crippen molar-refractivity contribution in [3.05, 3.63) is 41.5 Å². The molecule has 0 spiro atoms. The standard InChI is InChI=1S/C17H20FN5O2/c1-10-20-17(22-21-10)14-6-11-4-5-23(9-15(11)25-14)16(24)7-13-3-2-12(18)8-19-13/h2-3,8,11,14-15H,4-7,9H2,1H3,(H,20,21,22)/t11?,14-,15-/m1/s1. The third-order valence-electron chi connectivity index (χ3n) is 4.93. The number of ether oxygens (including phenoxy) is 1. The highest BCUT2D eigenvalue weighted by Crippen LogP contribution is 2.39. The molecule has 2 aromatic heterocycles. The van der Waals surface area contributed by atoms with Crippen LogP contribution in [0.5, 0.6) is 0 Å². The molecular weight excluding hydrogens is 325 g/mol. The van der Waals surface area contributed by atoms with Gasteiger partial charge in [0.25, 0.3) is 0 Å². The SMILES string of the molecule is Cc1nc([C@H]2CC3CCN(C(=O)Cc4ccc(F)cn4)C[C@H]3O2)n[nH]1. The number of aryl methyl sites for hydroxylation is 1. The summed E-state index contributed by atoms with van der Waals surface area (Å²) in [6, 6.07) is 2.87. The average molecular weight is 345 g/mol. The Balaban J connectivity index is 1.37. The summed E-state index contributed by atoms with van der Waals surface area (Å²) in [6.45, 7) is 3.15. The maximum Gasteiger partial charge on any atom is 0.228 e. The van der Waals surface area contributed by atoms with E-state index < -0.39 is 5.82 Å². The summed E-state index contributed by atoms with van der Waals surface area (Å²) in [7, 11) is 0. The number of hydrogen-bond acceptors (Lipinski definition) is 5. The number of aromatic nitrogens is 4. The molecule has 0 bridgehead atoms. The Labute approximate surface area is 144 Å². The first kappa shape index (κ1) is 16.1. The van der Waals surface area contributed by atoms with Crippen LogP contribution in [-0.2, 0) is 16.0 Å². The molecule has 132 valence electrons. The van der Waals surface area contributed by atoms with E-state index in [1.54, 1.807) is 6.07 Å². The van der Waals surface area contributed by atoms with Gasteiger partial charge in [-0.2, -0.15) is 5.10 Å². The highest BCUT2D eigenvalue weighted by Gasteiger charge is 2.41. The fraction of sp³-hybridized carbons (Fsp3) is 0.529. The van der Waals surface area contributed by atoms with E-state index in [0.717, 1.165) is 24.9 Å². The molecule has 1 N–H and O–H groups in total. The molecule has 1 amide bonds. The molecule has 7 nitrogen and oxygen atoms in total. The van der Waals surface area contributed by atoms with E-state index in [9.17, 15) is 9.18 Å². The summed E-state index contributed by atoms with van der Waals surface area (Å²) in [4.78, 5) is 22.6. The third kappa shape index (κ3) is 3.39. The summed E-state index contributed by atoms with van der Waals surface area (Å²) >= 11 is 0. The molecule has 0 aromatic carbocycles. The lowest BCUT2D eigenvalue weighted by atomic mass is 9.91. The topological polar surface area (TPSA) is 84.0 Å². The monoisotopic (exact) mass is 345 g/mol. The molecule has 0 aliphatic carbocycles. The Morgan fingerprint density at radius 1 is 1.48 bits per heavy atom. The molecule has 2 aliphatic rings. The molecule has 25 heavy (non-hydrogen) atoms. The van der Waals surface area contributed by atoms with Gasteiger partial charge in [-0.1, -0.05) is 0 Å². The van der Waals surface area contributed by atoms with Gasteiger partial charge < -0.3 is 9.64 Å².